The third-order valence-electron chi connectivity index (χ3n) is 2.15. The number of carbonyl (C=O) groups excluding carboxylic acids is 1. The Bertz CT molecular complexity index is 441. The summed E-state index contributed by atoms with van der Waals surface area (Å²) < 4.78 is 28.2. The lowest BCUT2D eigenvalue weighted by Gasteiger charge is -2.25. The Morgan fingerprint density at radius 3 is 2.42 bits per heavy atom. The molecule has 0 radical (unpaired) electrons. The fourth-order valence-electron chi connectivity index (χ4n) is 1.53. The number of rotatable bonds is 7. The molecule has 0 saturated heterocycles. The monoisotopic (exact) mass is 287 g/mol. The zero-order chi connectivity index (χ0) is 14.3. The molecule has 0 aliphatic carbocycles. The SMILES string of the molecule is CCOP(=O)(OCC)C(OC(C)=O)c1cccnc1. The minimum absolute atomic E-state index is 0.190. The van der Waals surface area contributed by atoms with Gasteiger partial charge in [0.15, 0.2) is 0 Å². The normalized spacial score (nSPS) is 13.0. The third kappa shape index (κ3) is 4.42. The quantitative estimate of drug-likeness (QED) is 0.567. The van der Waals surface area contributed by atoms with E-state index < -0.39 is 19.4 Å². The van der Waals surface area contributed by atoms with Gasteiger partial charge in [-0.05, 0) is 19.9 Å². The number of hydrogen-bond acceptors (Lipinski definition) is 6. The molecule has 6 nitrogen and oxygen atoms in total. The second kappa shape index (κ2) is 7.38. The molecule has 1 aromatic heterocycles. The number of aromatic nitrogens is 1. The average molecular weight is 287 g/mol. The number of hydrogen-bond donors (Lipinski definition) is 0. The van der Waals surface area contributed by atoms with Gasteiger partial charge in [-0.1, -0.05) is 6.07 Å². The van der Waals surface area contributed by atoms with Crippen molar-refractivity contribution in [1.82, 2.24) is 4.98 Å². The lowest BCUT2D eigenvalue weighted by atomic mass is 10.3. The zero-order valence-electron chi connectivity index (χ0n) is 11.2. The zero-order valence-corrected chi connectivity index (χ0v) is 12.1. The van der Waals surface area contributed by atoms with Crippen LogP contribution in [0.2, 0.25) is 0 Å². The van der Waals surface area contributed by atoms with E-state index in [1.165, 1.54) is 13.1 Å². The summed E-state index contributed by atoms with van der Waals surface area (Å²) in [6, 6.07) is 3.32. The fourth-order valence-corrected chi connectivity index (χ4v) is 3.39. The molecule has 1 heterocycles. The van der Waals surface area contributed by atoms with Gasteiger partial charge in [0.25, 0.3) is 0 Å². The van der Waals surface area contributed by atoms with Gasteiger partial charge in [-0.15, -0.1) is 0 Å². The Morgan fingerprint density at radius 2 is 2.00 bits per heavy atom. The number of ether oxygens (including phenoxy) is 1. The first-order valence-corrected chi connectivity index (χ1v) is 7.60. The van der Waals surface area contributed by atoms with Gasteiger partial charge >= 0.3 is 13.6 Å². The van der Waals surface area contributed by atoms with E-state index in [9.17, 15) is 9.36 Å². The fraction of sp³-hybridized carbons (Fsp3) is 0.500. The van der Waals surface area contributed by atoms with Crippen molar-refractivity contribution in [2.75, 3.05) is 13.2 Å². The summed E-state index contributed by atoms with van der Waals surface area (Å²) >= 11 is 0. The van der Waals surface area contributed by atoms with Crippen LogP contribution in [0.5, 0.6) is 0 Å². The van der Waals surface area contributed by atoms with E-state index in [1.807, 2.05) is 0 Å². The Hall–Kier alpha value is -1.23. The van der Waals surface area contributed by atoms with Crippen LogP contribution >= 0.6 is 7.60 Å². The van der Waals surface area contributed by atoms with Crippen molar-refractivity contribution in [2.24, 2.45) is 0 Å². The molecule has 0 fully saturated rings. The molecule has 7 heteroatoms. The van der Waals surface area contributed by atoms with E-state index >= 15 is 0 Å². The summed E-state index contributed by atoms with van der Waals surface area (Å²) in [5.41, 5.74) is 0.475. The summed E-state index contributed by atoms with van der Waals surface area (Å²) in [6.45, 7) is 5.01. The van der Waals surface area contributed by atoms with Gasteiger partial charge in [0, 0.05) is 24.9 Å². The van der Waals surface area contributed by atoms with E-state index in [2.05, 4.69) is 4.98 Å². The highest BCUT2D eigenvalue weighted by Crippen LogP contribution is 2.61. The lowest BCUT2D eigenvalue weighted by molar-refractivity contribution is -0.144. The molecule has 1 rings (SSSR count). The first kappa shape index (κ1) is 15.8. The van der Waals surface area contributed by atoms with Crippen molar-refractivity contribution in [1.29, 1.82) is 0 Å². The van der Waals surface area contributed by atoms with Crippen LogP contribution in [-0.4, -0.2) is 24.2 Å². The summed E-state index contributed by atoms with van der Waals surface area (Å²) in [7, 11) is -3.59. The Labute approximate surface area is 112 Å². The second-order valence-electron chi connectivity index (χ2n) is 3.62. The molecular weight excluding hydrogens is 269 g/mol. The first-order valence-electron chi connectivity index (χ1n) is 5.99. The van der Waals surface area contributed by atoms with E-state index in [0.29, 0.717) is 5.56 Å². The molecule has 0 N–H and O–H groups in total. The third-order valence-corrected chi connectivity index (χ3v) is 4.37. The smallest absolute Gasteiger partial charge is 0.375 e. The first-order chi connectivity index (χ1) is 9.03. The maximum Gasteiger partial charge on any atom is 0.375 e. The predicted molar refractivity (Wildman–Crippen MR) is 69.6 cm³/mol. The van der Waals surface area contributed by atoms with Gasteiger partial charge in [0.1, 0.15) is 0 Å². The van der Waals surface area contributed by atoms with Gasteiger partial charge < -0.3 is 13.8 Å². The number of esters is 1. The highest BCUT2D eigenvalue weighted by atomic mass is 31.2. The van der Waals surface area contributed by atoms with Crippen molar-refractivity contribution >= 4 is 13.6 Å². The second-order valence-corrected chi connectivity index (χ2v) is 5.69. The molecule has 0 aliphatic rings. The molecule has 0 bridgehead atoms. The molecule has 1 unspecified atom stereocenters. The lowest BCUT2D eigenvalue weighted by Crippen LogP contribution is -2.13. The van der Waals surface area contributed by atoms with E-state index in [-0.39, 0.29) is 13.2 Å². The Kier molecular flexibility index (Phi) is 6.15. The van der Waals surface area contributed by atoms with Crippen LogP contribution in [0.15, 0.2) is 24.5 Å². The van der Waals surface area contributed by atoms with E-state index in [0.717, 1.165) is 0 Å². The summed E-state index contributed by atoms with van der Waals surface area (Å²) in [5, 5.41) is 0. The summed E-state index contributed by atoms with van der Waals surface area (Å²) in [5.74, 6) is -1.66. The molecule has 19 heavy (non-hydrogen) atoms. The highest BCUT2D eigenvalue weighted by molar-refractivity contribution is 7.54. The molecule has 1 atom stereocenters. The van der Waals surface area contributed by atoms with Crippen LogP contribution in [0.1, 0.15) is 32.2 Å². The maximum absolute atomic E-state index is 12.7. The molecule has 0 aromatic carbocycles. The van der Waals surface area contributed by atoms with E-state index in [4.69, 9.17) is 13.8 Å². The predicted octanol–water partition coefficient (Wildman–Crippen LogP) is 2.91. The topological polar surface area (TPSA) is 74.7 Å². The maximum atomic E-state index is 12.7. The van der Waals surface area contributed by atoms with Crippen LogP contribution in [0.4, 0.5) is 0 Å². The molecular formula is C12H18NO5P. The van der Waals surface area contributed by atoms with Crippen LogP contribution < -0.4 is 0 Å². The van der Waals surface area contributed by atoms with Crippen molar-refractivity contribution < 1.29 is 23.1 Å². The van der Waals surface area contributed by atoms with Gasteiger partial charge in [-0.3, -0.25) is 14.3 Å². The van der Waals surface area contributed by atoms with Gasteiger partial charge in [0.2, 0.25) is 5.85 Å². The van der Waals surface area contributed by atoms with Crippen molar-refractivity contribution in [3.8, 4) is 0 Å². The Balaban J connectivity index is 3.14. The number of pyridine rings is 1. The average Bonchev–Trinajstić information content (AvgIpc) is 2.37. The summed E-state index contributed by atoms with van der Waals surface area (Å²) in [4.78, 5) is 15.1. The highest BCUT2D eigenvalue weighted by Gasteiger charge is 2.39. The van der Waals surface area contributed by atoms with Crippen LogP contribution in [0.3, 0.4) is 0 Å². The molecule has 0 spiro atoms. The van der Waals surface area contributed by atoms with Crippen LogP contribution in [0, 0.1) is 0 Å². The number of carbonyl (C=O) groups is 1. The van der Waals surface area contributed by atoms with Crippen LogP contribution in [-0.2, 0) is 23.1 Å². The number of nitrogens with zero attached hydrogens (tertiary/aromatic N) is 1. The standard InChI is InChI=1S/C12H18NO5P/c1-4-16-19(15,17-5-2)12(18-10(3)14)11-7-6-8-13-9-11/h6-9,12H,4-5H2,1-3H3. The molecule has 1 aromatic rings. The van der Waals surface area contributed by atoms with Crippen molar-refractivity contribution in [3.05, 3.63) is 30.1 Å². The molecule has 0 aliphatic heterocycles. The largest absolute Gasteiger partial charge is 0.444 e. The minimum atomic E-state index is -3.59. The van der Waals surface area contributed by atoms with Gasteiger partial charge in [0.05, 0.1) is 13.2 Å². The van der Waals surface area contributed by atoms with Gasteiger partial charge in [-0.25, -0.2) is 0 Å². The molecule has 106 valence electrons. The van der Waals surface area contributed by atoms with Gasteiger partial charge in [-0.2, -0.15) is 0 Å². The minimum Gasteiger partial charge on any atom is -0.444 e. The van der Waals surface area contributed by atoms with Crippen molar-refractivity contribution in [3.63, 3.8) is 0 Å². The van der Waals surface area contributed by atoms with Crippen LogP contribution in [0.25, 0.3) is 0 Å². The molecule has 0 saturated carbocycles. The molecule has 0 amide bonds. The van der Waals surface area contributed by atoms with Crippen molar-refractivity contribution in [2.45, 2.75) is 26.6 Å². The summed E-state index contributed by atoms with van der Waals surface area (Å²) in [6.07, 6.45) is 3.04. The van der Waals surface area contributed by atoms with E-state index in [1.54, 1.807) is 32.2 Å². The Morgan fingerprint density at radius 1 is 1.37 bits per heavy atom.